The van der Waals surface area contributed by atoms with Crippen LogP contribution in [0.4, 0.5) is 0 Å². The molecular formula is C17H28N2O2. The van der Waals surface area contributed by atoms with Crippen LogP contribution in [0, 0.1) is 0 Å². The van der Waals surface area contributed by atoms with Gasteiger partial charge in [0.05, 0.1) is 6.61 Å². The maximum atomic E-state index is 5.86. The van der Waals surface area contributed by atoms with Crippen molar-refractivity contribution in [1.82, 2.24) is 10.2 Å². The summed E-state index contributed by atoms with van der Waals surface area (Å²) in [6.07, 6.45) is 1.22. The number of hydrogen-bond donors (Lipinski definition) is 1. The van der Waals surface area contributed by atoms with Crippen LogP contribution in [0.5, 0.6) is 5.75 Å². The van der Waals surface area contributed by atoms with Crippen LogP contribution >= 0.6 is 0 Å². The third kappa shape index (κ3) is 5.30. The summed E-state index contributed by atoms with van der Waals surface area (Å²) in [7, 11) is 1.99. The van der Waals surface area contributed by atoms with Crippen molar-refractivity contribution in [3.63, 3.8) is 0 Å². The van der Waals surface area contributed by atoms with E-state index in [9.17, 15) is 0 Å². The van der Waals surface area contributed by atoms with Crippen LogP contribution in [0.1, 0.15) is 19.4 Å². The van der Waals surface area contributed by atoms with Crippen LogP contribution in [-0.2, 0) is 11.2 Å². The molecule has 2 atom stereocenters. The summed E-state index contributed by atoms with van der Waals surface area (Å²) in [5, 5.41) is 3.25. The van der Waals surface area contributed by atoms with E-state index >= 15 is 0 Å². The minimum atomic E-state index is 0.183. The topological polar surface area (TPSA) is 33.7 Å². The first-order chi connectivity index (χ1) is 10.2. The summed E-state index contributed by atoms with van der Waals surface area (Å²) in [6.45, 7) is 8.89. The standard InChI is InChI=1S/C17H28N2O2/c1-4-19-9-10-20-17(12-19)13-21-16-7-5-15(6-8-16)11-14(2)18-3/h5-8,14,17-18H,4,9-13H2,1-3H3. The van der Waals surface area contributed by atoms with E-state index in [4.69, 9.17) is 9.47 Å². The number of nitrogens with zero attached hydrogens (tertiary/aromatic N) is 1. The molecule has 1 aliphatic rings. The predicted molar refractivity (Wildman–Crippen MR) is 86.0 cm³/mol. The van der Waals surface area contributed by atoms with E-state index in [1.165, 1.54) is 5.56 Å². The van der Waals surface area contributed by atoms with Gasteiger partial charge >= 0.3 is 0 Å². The highest BCUT2D eigenvalue weighted by molar-refractivity contribution is 5.27. The van der Waals surface area contributed by atoms with Gasteiger partial charge in [-0.3, -0.25) is 4.90 Å². The van der Waals surface area contributed by atoms with Gasteiger partial charge in [0.1, 0.15) is 18.5 Å². The van der Waals surface area contributed by atoms with Crippen molar-refractivity contribution in [3.8, 4) is 5.75 Å². The van der Waals surface area contributed by atoms with Crippen LogP contribution in [0.25, 0.3) is 0 Å². The fourth-order valence-corrected chi connectivity index (χ4v) is 2.54. The Labute approximate surface area is 128 Å². The number of hydrogen-bond acceptors (Lipinski definition) is 4. The Morgan fingerprint density at radius 2 is 2.14 bits per heavy atom. The Morgan fingerprint density at radius 3 is 2.81 bits per heavy atom. The molecule has 0 spiro atoms. The van der Waals surface area contributed by atoms with Gasteiger partial charge in [0, 0.05) is 19.1 Å². The van der Waals surface area contributed by atoms with Crippen LogP contribution in [0.15, 0.2) is 24.3 Å². The van der Waals surface area contributed by atoms with Crippen molar-refractivity contribution in [2.45, 2.75) is 32.4 Å². The van der Waals surface area contributed by atoms with Gasteiger partial charge in [0.25, 0.3) is 0 Å². The third-order valence-electron chi connectivity index (χ3n) is 4.06. The van der Waals surface area contributed by atoms with E-state index in [2.05, 4.69) is 48.3 Å². The maximum Gasteiger partial charge on any atom is 0.119 e. The zero-order valence-corrected chi connectivity index (χ0v) is 13.5. The van der Waals surface area contributed by atoms with Crippen molar-refractivity contribution >= 4 is 0 Å². The molecule has 0 aliphatic carbocycles. The second kappa shape index (κ2) is 8.37. The number of nitrogens with one attached hydrogen (secondary N) is 1. The first kappa shape index (κ1) is 16.3. The van der Waals surface area contributed by atoms with Crippen molar-refractivity contribution in [1.29, 1.82) is 0 Å². The molecule has 1 fully saturated rings. The molecule has 1 heterocycles. The Morgan fingerprint density at radius 1 is 1.38 bits per heavy atom. The minimum Gasteiger partial charge on any atom is -0.491 e. The molecule has 1 aromatic rings. The lowest BCUT2D eigenvalue weighted by atomic mass is 10.1. The number of benzene rings is 1. The zero-order chi connectivity index (χ0) is 15.1. The SMILES string of the molecule is CCN1CCOC(COc2ccc(CC(C)NC)cc2)C1. The molecule has 2 rings (SSSR count). The Balaban J connectivity index is 1.78. The van der Waals surface area contributed by atoms with E-state index in [-0.39, 0.29) is 6.10 Å². The second-order valence-electron chi connectivity index (χ2n) is 5.73. The van der Waals surface area contributed by atoms with Crippen LogP contribution in [-0.4, -0.2) is 56.9 Å². The number of rotatable bonds is 7. The fourth-order valence-electron chi connectivity index (χ4n) is 2.54. The average Bonchev–Trinajstić information content (AvgIpc) is 2.54. The first-order valence-corrected chi connectivity index (χ1v) is 7.94. The Bertz CT molecular complexity index is 408. The van der Waals surface area contributed by atoms with Crippen molar-refractivity contribution in [2.24, 2.45) is 0 Å². The van der Waals surface area contributed by atoms with E-state index in [0.717, 1.165) is 38.4 Å². The Kier molecular flexibility index (Phi) is 6.49. The van der Waals surface area contributed by atoms with E-state index < -0.39 is 0 Å². The molecule has 1 aliphatic heterocycles. The molecule has 118 valence electrons. The molecular weight excluding hydrogens is 264 g/mol. The van der Waals surface area contributed by atoms with Gasteiger partial charge in [-0.15, -0.1) is 0 Å². The highest BCUT2D eigenvalue weighted by Crippen LogP contribution is 2.15. The van der Waals surface area contributed by atoms with Gasteiger partial charge in [-0.05, 0) is 44.6 Å². The quantitative estimate of drug-likeness (QED) is 0.833. The molecule has 0 amide bonds. The predicted octanol–water partition coefficient (Wildman–Crippen LogP) is 1.94. The fraction of sp³-hybridized carbons (Fsp3) is 0.647. The van der Waals surface area contributed by atoms with Gasteiger partial charge in [0.15, 0.2) is 0 Å². The van der Waals surface area contributed by atoms with Crippen molar-refractivity contribution in [3.05, 3.63) is 29.8 Å². The largest absolute Gasteiger partial charge is 0.491 e. The number of ether oxygens (including phenoxy) is 2. The lowest BCUT2D eigenvalue weighted by Gasteiger charge is -2.31. The van der Waals surface area contributed by atoms with Crippen LogP contribution in [0.2, 0.25) is 0 Å². The smallest absolute Gasteiger partial charge is 0.119 e. The van der Waals surface area contributed by atoms with Crippen molar-refractivity contribution < 1.29 is 9.47 Å². The lowest BCUT2D eigenvalue weighted by Crippen LogP contribution is -2.44. The highest BCUT2D eigenvalue weighted by atomic mass is 16.5. The highest BCUT2D eigenvalue weighted by Gasteiger charge is 2.19. The van der Waals surface area contributed by atoms with E-state index in [0.29, 0.717) is 12.6 Å². The third-order valence-corrected chi connectivity index (χ3v) is 4.06. The molecule has 1 aromatic carbocycles. The van der Waals surface area contributed by atoms with Crippen LogP contribution in [0.3, 0.4) is 0 Å². The van der Waals surface area contributed by atoms with Crippen molar-refractivity contribution in [2.75, 3.05) is 39.9 Å². The van der Waals surface area contributed by atoms with Gasteiger partial charge in [0.2, 0.25) is 0 Å². The van der Waals surface area contributed by atoms with E-state index in [1.807, 2.05) is 7.05 Å². The summed E-state index contributed by atoms with van der Waals surface area (Å²) in [6, 6.07) is 8.88. The summed E-state index contributed by atoms with van der Waals surface area (Å²) < 4.78 is 11.6. The second-order valence-corrected chi connectivity index (χ2v) is 5.73. The minimum absolute atomic E-state index is 0.183. The summed E-state index contributed by atoms with van der Waals surface area (Å²) in [4.78, 5) is 2.40. The molecule has 1 saturated heterocycles. The molecule has 1 N–H and O–H groups in total. The van der Waals surface area contributed by atoms with Gasteiger partial charge < -0.3 is 14.8 Å². The normalized spacial score (nSPS) is 21.2. The molecule has 0 radical (unpaired) electrons. The molecule has 0 bridgehead atoms. The van der Waals surface area contributed by atoms with Gasteiger partial charge in [-0.1, -0.05) is 19.1 Å². The summed E-state index contributed by atoms with van der Waals surface area (Å²) in [5.41, 5.74) is 1.33. The average molecular weight is 292 g/mol. The molecule has 4 heteroatoms. The molecule has 21 heavy (non-hydrogen) atoms. The number of likely N-dealkylation sites (N-methyl/N-ethyl adjacent to an activating group) is 2. The Hall–Kier alpha value is -1.10. The molecule has 4 nitrogen and oxygen atoms in total. The van der Waals surface area contributed by atoms with Crippen LogP contribution < -0.4 is 10.1 Å². The molecule has 0 aromatic heterocycles. The summed E-state index contributed by atoms with van der Waals surface area (Å²) in [5.74, 6) is 0.924. The molecule has 2 unspecified atom stereocenters. The number of morpholine rings is 1. The maximum absolute atomic E-state index is 5.86. The summed E-state index contributed by atoms with van der Waals surface area (Å²) >= 11 is 0. The lowest BCUT2D eigenvalue weighted by molar-refractivity contribution is -0.0464. The van der Waals surface area contributed by atoms with Gasteiger partial charge in [-0.2, -0.15) is 0 Å². The first-order valence-electron chi connectivity index (χ1n) is 7.94. The monoisotopic (exact) mass is 292 g/mol. The zero-order valence-electron chi connectivity index (χ0n) is 13.5. The molecule has 0 saturated carbocycles. The van der Waals surface area contributed by atoms with E-state index in [1.54, 1.807) is 0 Å². The van der Waals surface area contributed by atoms with Gasteiger partial charge in [-0.25, -0.2) is 0 Å².